The van der Waals surface area contributed by atoms with E-state index in [9.17, 15) is 0 Å². The standard InChI is InChI=1S/C64H44N2O.C64H44N2S/c1-4-14-45(15-5-1)49-26-32-55(33-27-49)65(56-34-28-50(29-35-56)46-16-6-2-7-17-46)59-41-54(53-25-24-48-20-10-11-21-52(48)40-53)42-60(43-59)66(57-36-30-51(31-37-57)47-18-8-3-9-19-47)58-38-39-62-61-22-12-13-23-63(61)67-64(62)44-58;1-4-15-45(16-5-1)49-29-35-55(36-30-49)65(56-37-31-50(32-38-56)46-17-6-2-7-18-46)58-42-54(53-28-27-48-21-10-11-22-52(48)41-53)43-59(44-58)66(57-39-33-51(34-40-57)47-19-8-3-9-20-47)62-25-14-24-61-60-23-12-13-26-63(60)67-64(61)62/h2*1-44H. The minimum atomic E-state index is 0.842. The van der Waals surface area contributed by atoms with Crippen molar-refractivity contribution in [1.82, 2.24) is 0 Å². The van der Waals surface area contributed by atoms with E-state index in [2.05, 4.69) is 541 Å². The SMILES string of the molecule is c1ccc(-c2ccc(N(c3ccc(-c4ccccc4)cc3)c3cc(-c4ccc5ccccc5c4)cc(N(c4ccc(-c5ccccc5)cc4)c4ccc5c(c4)oc4ccccc45)c3)cc2)cc1.c1ccc(-c2ccc(N(c3ccc(-c4ccccc4)cc3)c3cc(-c4ccc5ccccc5c4)cc(N(c4ccc(-c5ccccc5)cc4)c4cccc5c4sc4ccccc45)c3)cc2)cc1. The molecule has 24 rings (SSSR count). The Balaban J connectivity index is 0.000000151. The van der Waals surface area contributed by atoms with E-state index in [0.29, 0.717) is 0 Å². The van der Waals surface area contributed by atoms with Crippen LogP contribution in [0.15, 0.2) is 538 Å². The molecule has 0 amide bonds. The number of hydrogen-bond acceptors (Lipinski definition) is 6. The number of furan rings is 1. The molecule has 0 unspecified atom stereocenters. The molecule has 2 heterocycles. The third kappa shape index (κ3) is 16.5. The van der Waals surface area contributed by atoms with Crippen LogP contribution in [0, 0.1) is 0 Å². The Morgan fingerprint density at radius 3 is 0.799 bits per heavy atom. The van der Waals surface area contributed by atoms with E-state index >= 15 is 0 Å². The van der Waals surface area contributed by atoms with Gasteiger partial charge >= 0.3 is 0 Å². The van der Waals surface area contributed by atoms with E-state index in [1.807, 2.05) is 23.5 Å². The quantitative estimate of drug-likeness (QED) is 0.0758. The van der Waals surface area contributed by atoms with E-state index in [-0.39, 0.29) is 0 Å². The molecule has 0 spiro atoms. The first-order chi connectivity index (χ1) is 66.4. The maximum absolute atomic E-state index is 6.55. The number of benzene rings is 22. The van der Waals surface area contributed by atoms with Gasteiger partial charge in [0.25, 0.3) is 0 Å². The lowest BCUT2D eigenvalue weighted by atomic mass is 9.98. The van der Waals surface area contributed by atoms with E-state index < -0.39 is 0 Å². The molecular formula is C128H88N4OS. The molecule has 0 aliphatic rings. The second kappa shape index (κ2) is 36.3. The van der Waals surface area contributed by atoms with Crippen molar-refractivity contribution in [3.05, 3.63) is 534 Å². The van der Waals surface area contributed by atoms with Gasteiger partial charge in [-0.1, -0.05) is 376 Å². The lowest BCUT2D eigenvalue weighted by Gasteiger charge is -2.31. The summed E-state index contributed by atoms with van der Waals surface area (Å²) < 4.78 is 9.08. The molecule has 0 aliphatic carbocycles. The second-order valence-electron chi connectivity index (χ2n) is 33.9. The third-order valence-electron chi connectivity index (χ3n) is 25.6. The average Bonchev–Trinajstić information content (AvgIpc) is 1.45. The molecule has 0 bridgehead atoms. The third-order valence-corrected chi connectivity index (χ3v) is 26.9. The van der Waals surface area contributed by atoms with Crippen LogP contribution in [-0.4, -0.2) is 0 Å². The van der Waals surface area contributed by atoms with Crippen molar-refractivity contribution in [2.45, 2.75) is 0 Å². The Kier molecular flexibility index (Phi) is 21.9. The van der Waals surface area contributed by atoms with Gasteiger partial charge in [0, 0.05) is 94.9 Å². The smallest absolute Gasteiger partial charge is 0.137 e. The van der Waals surface area contributed by atoms with Gasteiger partial charge in [-0.05, 0) is 262 Å². The van der Waals surface area contributed by atoms with Crippen LogP contribution in [-0.2, 0) is 0 Å². The molecule has 134 heavy (non-hydrogen) atoms. The minimum absolute atomic E-state index is 0.842. The number of anilines is 12. The summed E-state index contributed by atoms with van der Waals surface area (Å²) in [5, 5.41) is 9.56. The van der Waals surface area contributed by atoms with Crippen molar-refractivity contribution in [2.24, 2.45) is 0 Å². The van der Waals surface area contributed by atoms with Crippen molar-refractivity contribution >= 4 is 143 Å². The van der Waals surface area contributed by atoms with E-state index in [1.54, 1.807) is 0 Å². The molecule has 0 saturated carbocycles. The number of fused-ring (bicyclic) bond motifs is 8. The monoisotopic (exact) mass is 1730 g/mol. The molecule has 0 aliphatic heterocycles. The molecule has 0 saturated heterocycles. The Bertz CT molecular complexity index is 8140. The summed E-state index contributed by atoms with van der Waals surface area (Å²) in [6, 6.07) is 193. The molecule has 632 valence electrons. The zero-order chi connectivity index (χ0) is 89.0. The van der Waals surface area contributed by atoms with Crippen LogP contribution < -0.4 is 19.6 Å². The number of thiophene rings is 1. The van der Waals surface area contributed by atoms with E-state index in [0.717, 1.165) is 118 Å². The Morgan fingerprint density at radius 2 is 0.418 bits per heavy atom. The number of para-hydroxylation sites is 1. The molecule has 22 aromatic carbocycles. The van der Waals surface area contributed by atoms with Crippen molar-refractivity contribution in [1.29, 1.82) is 0 Å². The van der Waals surface area contributed by atoms with Gasteiger partial charge in [-0.3, -0.25) is 0 Å². The average molecular weight is 1730 g/mol. The van der Waals surface area contributed by atoms with Crippen LogP contribution in [0.5, 0.6) is 0 Å². The fourth-order valence-electron chi connectivity index (χ4n) is 18.9. The maximum Gasteiger partial charge on any atom is 0.137 e. The van der Waals surface area contributed by atoms with E-state index in [4.69, 9.17) is 4.42 Å². The van der Waals surface area contributed by atoms with Gasteiger partial charge < -0.3 is 24.0 Å². The van der Waals surface area contributed by atoms with Gasteiger partial charge in [0.15, 0.2) is 0 Å². The first kappa shape index (κ1) is 81.1. The van der Waals surface area contributed by atoms with Crippen molar-refractivity contribution in [3.8, 4) is 89.0 Å². The van der Waals surface area contributed by atoms with Gasteiger partial charge in [0.2, 0.25) is 0 Å². The Hall–Kier alpha value is -17.4. The molecule has 5 nitrogen and oxygen atoms in total. The zero-order valence-electron chi connectivity index (χ0n) is 73.4. The van der Waals surface area contributed by atoms with Crippen LogP contribution >= 0.6 is 11.3 Å². The summed E-state index contributed by atoms with van der Waals surface area (Å²) in [6.07, 6.45) is 0. The molecule has 6 heteroatoms. The van der Waals surface area contributed by atoms with Gasteiger partial charge in [-0.2, -0.15) is 0 Å². The molecular weight excluding hydrogens is 1640 g/mol. The van der Waals surface area contributed by atoms with Gasteiger partial charge in [0.1, 0.15) is 11.2 Å². The summed E-state index contributed by atoms with van der Waals surface area (Å²) >= 11 is 1.86. The highest BCUT2D eigenvalue weighted by Crippen LogP contribution is 2.51. The highest BCUT2D eigenvalue weighted by Gasteiger charge is 2.26. The highest BCUT2D eigenvalue weighted by atomic mass is 32.1. The zero-order valence-corrected chi connectivity index (χ0v) is 74.2. The first-order valence-electron chi connectivity index (χ1n) is 45.6. The molecule has 0 fully saturated rings. The Morgan fingerprint density at radius 1 is 0.142 bits per heavy atom. The minimum Gasteiger partial charge on any atom is -0.456 e. The summed E-state index contributed by atoms with van der Waals surface area (Å²) in [6.45, 7) is 0. The number of nitrogens with zero attached hydrogens (tertiary/aromatic N) is 4. The summed E-state index contributed by atoms with van der Waals surface area (Å²) in [4.78, 5) is 9.63. The van der Waals surface area contributed by atoms with Crippen LogP contribution in [0.4, 0.5) is 68.2 Å². The second-order valence-corrected chi connectivity index (χ2v) is 35.0. The van der Waals surface area contributed by atoms with Gasteiger partial charge in [0.05, 0.1) is 10.4 Å². The highest BCUT2D eigenvalue weighted by molar-refractivity contribution is 7.26. The summed E-state index contributed by atoms with van der Waals surface area (Å²) in [5.74, 6) is 0. The van der Waals surface area contributed by atoms with Crippen molar-refractivity contribution in [3.63, 3.8) is 0 Å². The molecule has 0 radical (unpaired) electrons. The maximum atomic E-state index is 6.55. The summed E-state index contributed by atoms with van der Waals surface area (Å²) in [7, 11) is 0. The lowest BCUT2D eigenvalue weighted by Crippen LogP contribution is -2.14. The molecule has 2 aromatic heterocycles. The molecule has 0 N–H and O–H groups in total. The topological polar surface area (TPSA) is 26.1 Å². The van der Waals surface area contributed by atoms with Crippen molar-refractivity contribution < 1.29 is 4.42 Å². The fourth-order valence-corrected chi connectivity index (χ4v) is 20.1. The van der Waals surface area contributed by atoms with Crippen molar-refractivity contribution in [2.75, 3.05) is 19.6 Å². The summed E-state index contributed by atoms with van der Waals surface area (Å²) in [5.41, 5.74) is 33.0. The van der Waals surface area contributed by atoms with Gasteiger partial charge in [-0.25, -0.2) is 0 Å². The predicted molar refractivity (Wildman–Crippen MR) is 570 cm³/mol. The lowest BCUT2D eigenvalue weighted by molar-refractivity contribution is 0.669. The first-order valence-corrected chi connectivity index (χ1v) is 46.4. The molecule has 24 aromatic rings. The molecule has 0 atom stereocenters. The normalized spacial score (nSPS) is 11.3. The largest absolute Gasteiger partial charge is 0.456 e. The number of rotatable bonds is 20. The van der Waals surface area contributed by atoms with E-state index in [1.165, 1.54) is 103 Å². The van der Waals surface area contributed by atoms with Crippen LogP contribution in [0.2, 0.25) is 0 Å². The van der Waals surface area contributed by atoms with Crippen LogP contribution in [0.25, 0.3) is 153 Å². The fraction of sp³-hybridized carbons (Fsp3) is 0. The van der Waals surface area contributed by atoms with Crippen LogP contribution in [0.1, 0.15) is 0 Å². The predicted octanol–water partition coefficient (Wildman–Crippen LogP) is 37.2. The number of hydrogen-bond donors (Lipinski definition) is 0. The Labute approximate surface area is 784 Å². The van der Waals surface area contributed by atoms with Gasteiger partial charge in [-0.15, -0.1) is 11.3 Å². The van der Waals surface area contributed by atoms with Crippen LogP contribution in [0.3, 0.4) is 0 Å².